The zero-order chi connectivity index (χ0) is 21.2. The average Bonchev–Trinajstić information content (AvgIpc) is 2.77. The monoisotopic (exact) mass is 423 g/mol. The van der Waals surface area contributed by atoms with E-state index >= 15 is 0 Å². The fourth-order valence-electron chi connectivity index (χ4n) is 3.76. The van der Waals surface area contributed by atoms with Crippen molar-refractivity contribution in [3.8, 4) is 0 Å². The Hall–Kier alpha value is -2.53. The first-order valence-electron chi connectivity index (χ1n) is 10.6. The van der Waals surface area contributed by atoms with Crippen molar-refractivity contribution in [2.75, 3.05) is 11.1 Å². The van der Waals surface area contributed by atoms with E-state index in [4.69, 9.17) is 5.11 Å². The molecule has 4 nitrogen and oxygen atoms in total. The van der Waals surface area contributed by atoms with Crippen LogP contribution in [0.3, 0.4) is 0 Å². The van der Waals surface area contributed by atoms with Gasteiger partial charge in [-0.3, -0.25) is 9.59 Å². The summed E-state index contributed by atoms with van der Waals surface area (Å²) in [4.78, 5) is 24.0. The molecule has 0 atom stereocenters. The normalized spacial score (nSPS) is 14.7. The van der Waals surface area contributed by atoms with Crippen molar-refractivity contribution >= 4 is 35.4 Å². The topological polar surface area (TPSA) is 66.4 Å². The zero-order valence-corrected chi connectivity index (χ0v) is 18.0. The lowest BCUT2D eigenvalue weighted by molar-refractivity contribution is -0.137. The summed E-state index contributed by atoms with van der Waals surface area (Å²) in [7, 11) is 0. The van der Waals surface area contributed by atoms with E-state index < -0.39 is 5.97 Å². The Balaban J connectivity index is 1.53. The molecule has 0 saturated heterocycles. The standard InChI is InChI=1S/C25H29NO3S/c27-24(26-22-9-4-5-10-23(22)30-18-6-11-25(28)29)17-14-19-12-15-21(16-13-19)20-7-2-1-3-8-20/h4-5,9-10,12-17,20H,1-3,6-8,11,18H2,(H,26,27)(H,28,29)/b17-14+. The molecule has 1 aliphatic rings. The molecule has 1 saturated carbocycles. The Bertz CT molecular complexity index is 870. The van der Waals surface area contributed by atoms with Gasteiger partial charge in [-0.1, -0.05) is 55.7 Å². The average molecular weight is 424 g/mol. The molecule has 0 heterocycles. The molecule has 0 unspecified atom stereocenters. The number of anilines is 1. The minimum absolute atomic E-state index is 0.157. The molecule has 2 aromatic rings. The van der Waals surface area contributed by atoms with Crippen molar-refractivity contribution in [3.63, 3.8) is 0 Å². The first-order valence-corrected chi connectivity index (χ1v) is 11.6. The number of carbonyl (C=O) groups excluding carboxylic acids is 1. The van der Waals surface area contributed by atoms with Gasteiger partial charge in [-0.2, -0.15) is 0 Å². The molecule has 1 aliphatic carbocycles. The summed E-state index contributed by atoms with van der Waals surface area (Å²) in [5, 5.41) is 11.7. The van der Waals surface area contributed by atoms with Crippen molar-refractivity contribution < 1.29 is 14.7 Å². The second-order valence-corrected chi connectivity index (χ2v) is 8.80. The molecule has 3 rings (SSSR count). The molecule has 0 aromatic heterocycles. The summed E-state index contributed by atoms with van der Waals surface area (Å²) in [6.45, 7) is 0. The van der Waals surface area contributed by atoms with Crippen LogP contribution in [0.4, 0.5) is 5.69 Å². The molecule has 0 bridgehead atoms. The van der Waals surface area contributed by atoms with Crippen LogP contribution in [0.15, 0.2) is 59.5 Å². The number of carbonyl (C=O) groups is 2. The maximum atomic E-state index is 12.4. The van der Waals surface area contributed by atoms with Gasteiger partial charge in [0.15, 0.2) is 0 Å². The van der Waals surface area contributed by atoms with E-state index in [0.717, 1.165) is 16.1 Å². The van der Waals surface area contributed by atoms with Crippen LogP contribution in [0.25, 0.3) is 6.08 Å². The van der Waals surface area contributed by atoms with E-state index in [2.05, 4.69) is 29.6 Å². The first kappa shape index (κ1) is 22.2. The SMILES string of the molecule is O=C(O)CCCSc1ccccc1NC(=O)/C=C/c1ccc(C2CCCCC2)cc1. The van der Waals surface area contributed by atoms with Crippen LogP contribution in [0.1, 0.15) is 62.0 Å². The van der Waals surface area contributed by atoms with Crippen LogP contribution < -0.4 is 5.32 Å². The molecule has 0 spiro atoms. The number of amides is 1. The van der Waals surface area contributed by atoms with Gasteiger partial charge in [0, 0.05) is 17.4 Å². The largest absolute Gasteiger partial charge is 0.481 e. The number of hydrogen-bond acceptors (Lipinski definition) is 3. The lowest BCUT2D eigenvalue weighted by atomic mass is 9.84. The highest BCUT2D eigenvalue weighted by Gasteiger charge is 2.14. The van der Waals surface area contributed by atoms with Crippen LogP contribution in [-0.4, -0.2) is 22.7 Å². The van der Waals surface area contributed by atoms with Crippen molar-refractivity contribution in [1.82, 2.24) is 0 Å². The third kappa shape index (κ3) is 7.06. The highest BCUT2D eigenvalue weighted by atomic mass is 32.2. The van der Waals surface area contributed by atoms with Crippen molar-refractivity contribution in [3.05, 3.63) is 65.7 Å². The van der Waals surface area contributed by atoms with Gasteiger partial charge in [-0.05, 0) is 60.3 Å². The minimum atomic E-state index is -0.783. The molecule has 0 aliphatic heterocycles. The molecular weight excluding hydrogens is 394 g/mol. The Labute approximate surface area is 182 Å². The smallest absolute Gasteiger partial charge is 0.303 e. The summed E-state index contributed by atoms with van der Waals surface area (Å²) in [6, 6.07) is 16.1. The molecule has 158 valence electrons. The maximum Gasteiger partial charge on any atom is 0.303 e. The molecule has 0 radical (unpaired) electrons. The van der Waals surface area contributed by atoms with E-state index in [1.807, 2.05) is 30.3 Å². The molecule has 5 heteroatoms. The fraction of sp³-hybridized carbons (Fsp3) is 0.360. The molecule has 2 aromatic carbocycles. The number of carboxylic acid groups (broad SMARTS) is 1. The number of nitrogens with one attached hydrogen (secondary N) is 1. The number of rotatable bonds is 9. The molecule has 2 N–H and O–H groups in total. The summed E-state index contributed by atoms with van der Waals surface area (Å²) in [5.41, 5.74) is 3.17. The van der Waals surface area contributed by atoms with E-state index in [0.29, 0.717) is 18.1 Å². The number of hydrogen-bond donors (Lipinski definition) is 2. The molecule has 1 amide bonds. The van der Waals surface area contributed by atoms with Gasteiger partial charge in [0.25, 0.3) is 0 Å². The number of benzene rings is 2. The lowest BCUT2D eigenvalue weighted by Crippen LogP contribution is -2.08. The molecular formula is C25H29NO3S. The van der Waals surface area contributed by atoms with Crippen molar-refractivity contribution in [2.45, 2.75) is 55.8 Å². The second-order valence-electron chi connectivity index (χ2n) is 7.67. The van der Waals surface area contributed by atoms with Crippen LogP contribution in [0.2, 0.25) is 0 Å². The summed E-state index contributed by atoms with van der Waals surface area (Å²) < 4.78 is 0. The van der Waals surface area contributed by atoms with Crippen LogP contribution in [-0.2, 0) is 9.59 Å². The van der Waals surface area contributed by atoms with Gasteiger partial charge in [0.1, 0.15) is 0 Å². The quantitative estimate of drug-likeness (QED) is 0.280. The van der Waals surface area contributed by atoms with E-state index in [1.165, 1.54) is 37.7 Å². The van der Waals surface area contributed by atoms with Gasteiger partial charge in [0.05, 0.1) is 5.69 Å². The van der Waals surface area contributed by atoms with Gasteiger partial charge in [0.2, 0.25) is 5.91 Å². The lowest BCUT2D eigenvalue weighted by Gasteiger charge is -2.21. The number of aliphatic carboxylic acids is 1. The minimum Gasteiger partial charge on any atom is -0.481 e. The number of para-hydroxylation sites is 1. The van der Waals surface area contributed by atoms with Gasteiger partial charge >= 0.3 is 5.97 Å². The van der Waals surface area contributed by atoms with Crippen LogP contribution >= 0.6 is 11.8 Å². The van der Waals surface area contributed by atoms with E-state index in [-0.39, 0.29) is 12.3 Å². The summed E-state index contributed by atoms with van der Waals surface area (Å²) in [6.07, 6.45) is 10.7. The van der Waals surface area contributed by atoms with Crippen molar-refractivity contribution in [1.29, 1.82) is 0 Å². The van der Waals surface area contributed by atoms with Crippen molar-refractivity contribution in [2.24, 2.45) is 0 Å². The Kier molecular flexibility index (Phi) is 8.57. The summed E-state index contributed by atoms with van der Waals surface area (Å²) >= 11 is 1.56. The predicted molar refractivity (Wildman–Crippen MR) is 124 cm³/mol. The highest BCUT2D eigenvalue weighted by Crippen LogP contribution is 2.32. The maximum absolute atomic E-state index is 12.4. The van der Waals surface area contributed by atoms with Gasteiger partial charge < -0.3 is 10.4 Å². The Morgan fingerprint density at radius 1 is 1.03 bits per heavy atom. The molecule has 1 fully saturated rings. The van der Waals surface area contributed by atoms with Gasteiger partial charge in [-0.25, -0.2) is 0 Å². The third-order valence-electron chi connectivity index (χ3n) is 5.38. The van der Waals surface area contributed by atoms with E-state index in [1.54, 1.807) is 17.8 Å². The van der Waals surface area contributed by atoms with Crippen LogP contribution in [0.5, 0.6) is 0 Å². The molecule has 30 heavy (non-hydrogen) atoms. The Morgan fingerprint density at radius 2 is 1.77 bits per heavy atom. The fourth-order valence-corrected chi connectivity index (χ4v) is 4.72. The third-order valence-corrected chi connectivity index (χ3v) is 6.54. The summed E-state index contributed by atoms with van der Waals surface area (Å²) in [5.74, 6) is 0.422. The van der Waals surface area contributed by atoms with Gasteiger partial charge in [-0.15, -0.1) is 11.8 Å². The Morgan fingerprint density at radius 3 is 2.50 bits per heavy atom. The first-order chi connectivity index (χ1) is 14.6. The van der Waals surface area contributed by atoms with Crippen LogP contribution in [0, 0.1) is 0 Å². The number of carboxylic acids is 1. The predicted octanol–water partition coefficient (Wildman–Crippen LogP) is 6.34. The van der Waals surface area contributed by atoms with E-state index in [9.17, 15) is 9.59 Å². The second kappa shape index (κ2) is 11.6. The zero-order valence-electron chi connectivity index (χ0n) is 17.2. The number of thioether (sulfide) groups is 1. The highest BCUT2D eigenvalue weighted by molar-refractivity contribution is 7.99.